The number of nitrogens with zero attached hydrogens (tertiary/aromatic N) is 2. The van der Waals surface area contributed by atoms with Crippen molar-refractivity contribution in [2.75, 3.05) is 5.32 Å². The van der Waals surface area contributed by atoms with Gasteiger partial charge in [0.2, 0.25) is 0 Å². The summed E-state index contributed by atoms with van der Waals surface area (Å²) in [6.45, 7) is 0. The summed E-state index contributed by atoms with van der Waals surface area (Å²) < 4.78 is 0. The van der Waals surface area contributed by atoms with Crippen molar-refractivity contribution in [3.05, 3.63) is 48.0 Å². The van der Waals surface area contributed by atoms with Crippen LogP contribution < -0.4 is 5.32 Å². The van der Waals surface area contributed by atoms with E-state index in [1.54, 1.807) is 24.5 Å². The Balaban J connectivity index is 1.93. The lowest BCUT2D eigenvalue weighted by Crippen LogP contribution is -2.07. The van der Waals surface area contributed by atoms with Crippen LogP contribution in [0.25, 0.3) is 0 Å². The van der Waals surface area contributed by atoms with Gasteiger partial charge in [0.15, 0.2) is 5.69 Å². The topological polar surface area (TPSA) is 75.1 Å². The van der Waals surface area contributed by atoms with Gasteiger partial charge >= 0.3 is 5.97 Å². The maximum atomic E-state index is 11.3. The summed E-state index contributed by atoms with van der Waals surface area (Å²) in [5, 5.41) is 12.3. The lowest BCUT2D eigenvalue weighted by Gasteiger charge is -2.10. The molecule has 0 amide bonds. The standard InChI is InChI=1S/C14H13N3O2/c18-14(19)13-12(16-10-2-1-7-15-8-10)6-5-11(17-13)9-3-4-9/h1-2,5-9,16H,3-4H2,(H,18,19). The molecule has 2 heterocycles. The van der Waals surface area contributed by atoms with E-state index < -0.39 is 5.97 Å². The molecule has 1 aliphatic carbocycles. The number of pyridine rings is 2. The second-order valence-corrected chi connectivity index (χ2v) is 4.58. The van der Waals surface area contributed by atoms with Crippen molar-refractivity contribution in [3.8, 4) is 0 Å². The summed E-state index contributed by atoms with van der Waals surface area (Å²) >= 11 is 0. The van der Waals surface area contributed by atoms with Crippen LogP contribution in [0.5, 0.6) is 0 Å². The highest BCUT2D eigenvalue weighted by Crippen LogP contribution is 2.39. The van der Waals surface area contributed by atoms with Gasteiger partial charge in [0.25, 0.3) is 0 Å². The largest absolute Gasteiger partial charge is 0.476 e. The first-order valence-corrected chi connectivity index (χ1v) is 6.15. The molecule has 2 aromatic heterocycles. The van der Waals surface area contributed by atoms with Gasteiger partial charge in [-0.2, -0.15) is 0 Å². The zero-order chi connectivity index (χ0) is 13.2. The predicted molar refractivity (Wildman–Crippen MR) is 70.7 cm³/mol. The molecule has 0 atom stereocenters. The van der Waals surface area contributed by atoms with E-state index in [1.807, 2.05) is 12.1 Å². The van der Waals surface area contributed by atoms with Crippen LogP contribution in [0.15, 0.2) is 36.7 Å². The minimum atomic E-state index is -1.02. The van der Waals surface area contributed by atoms with E-state index >= 15 is 0 Å². The van der Waals surface area contributed by atoms with Gasteiger partial charge < -0.3 is 10.4 Å². The number of aromatic carboxylic acids is 1. The van der Waals surface area contributed by atoms with Crippen LogP contribution in [-0.2, 0) is 0 Å². The zero-order valence-corrected chi connectivity index (χ0v) is 10.2. The van der Waals surface area contributed by atoms with Crippen LogP contribution >= 0.6 is 0 Å². The molecule has 3 rings (SSSR count). The van der Waals surface area contributed by atoms with Crippen LogP contribution in [0.1, 0.15) is 34.9 Å². The highest BCUT2D eigenvalue weighted by Gasteiger charge is 2.26. The van der Waals surface area contributed by atoms with Gasteiger partial charge in [-0.3, -0.25) is 4.98 Å². The van der Waals surface area contributed by atoms with E-state index in [4.69, 9.17) is 0 Å². The van der Waals surface area contributed by atoms with E-state index in [0.29, 0.717) is 11.6 Å². The van der Waals surface area contributed by atoms with Crippen molar-refractivity contribution in [1.29, 1.82) is 0 Å². The molecular formula is C14H13N3O2. The van der Waals surface area contributed by atoms with E-state index in [2.05, 4.69) is 15.3 Å². The Morgan fingerprint density at radius 2 is 2.16 bits per heavy atom. The predicted octanol–water partition coefficient (Wildman–Crippen LogP) is 2.80. The number of carboxylic acid groups (broad SMARTS) is 1. The molecule has 0 bridgehead atoms. The second kappa shape index (κ2) is 4.68. The van der Waals surface area contributed by atoms with E-state index in [1.165, 1.54) is 0 Å². The third-order valence-electron chi connectivity index (χ3n) is 3.06. The normalized spacial score (nSPS) is 14.1. The molecule has 5 heteroatoms. The first-order valence-electron chi connectivity index (χ1n) is 6.15. The highest BCUT2D eigenvalue weighted by atomic mass is 16.4. The van der Waals surface area contributed by atoms with E-state index in [9.17, 15) is 9.90 Å². The number of anilines is 2. The average Bonchev–Trinajstić information content (AvgIpc) is 3.24. The molecule has 2 N–H and O–H groups in total. The van der Waals surface area contributed by atoms with Crippen LogP contribution in [0.2, 0.25) is 0 Å². The third-order valence-corrected chi connectivity index (χ3v) is 3.06. The Morgan fingerprint density at radius 3 is 2.79 bits per heavy atom. The van der Waals surface area contributed by atoms with Crippen LogP contribution in [0, 0.1) is 0 Å². The molecule has 0 aromatic carbocycles. The van der Waals surface area contributed by atoms with Crippen molar-refractivity contribution < 1.29 is 9.90 Å². The van der Waals surface area contributed by atoms with Crippen molar-refractivity contribution in [2.45, 2.75) is 18.8 Å². The average molecular weight is 255 g/mol. The first kappa shape index (κ1) is 11.6. The van der Waals surface area contributed by atoms with Crippen LogP contribution in [0.4, 0.5) is 11.4 Å². The van der Waals surface area contributed by atoms with Gasteiger partial charge in [0, 0.05) is 17.8 Å². The first-order chi connectivity index (χ1) is 9.24. The summed E-state index contributed by atoms with van der Waals surface area (Å²) in [7, 11) is 0. The van der Waals surface area contributed by atoms with Gasteiger partial charge in [-0.15, -0.1) is 0 Å². The molecule has 0 spiro atoms. The molecule has 0 unspecified atom stereocenters. The third kappa shape index (κ3) is 2.54. The quantitative estimate of drug-likeness (QED) is 0.878. The summed E-state index contributed by atoms with van der Waals surface area (Å²) in [6, 6.07) is 7.28. The van der Waals surface area contributed by atoms with Gasteiger partial charge in [0.1, 0.15) is 0 Å². The Morgan fingerprint density at radius 1 is 1.32 bits per heavy atom. The highest BCUT2D eigenvalue weighted by molar-refractivity contribution is 5.93. The molecule has 0 radical (unpaired) electrons. The maximum Gasteiger partial charge on any atom is 0.356 e. The maximum absolute atomic E-state index is 11.3. The van der Waals surface area contributed by atoms with Gasteiger partial charge in [-0.1, -0.05) is 0 Å². The molecule has 96 valence electrons. The fourth-order valence-electron chi connectivity index (χ4n) is 1.94. The molecule has 2 aromatic rings. The molecule has 5 nitrogen and oxygen atoms in total. The summed E-state index contributed by atoms with van der Waals surface area (Å²) in [6.07, 6.45) is 5.50. The number of hydrogen-bond donors (Lipinski definition) is 2. The Hall–Kier alpha value is -2.43. The number of hydrogen-bond acceptors (Lipinski definition) is 4. The summed E-state index contributed by atoms with van der Waals surface area (Å²) in [4.78, 5) is 19.5. The zero-order valence-electron chi connectivity index (χ0n) is 10.2. The number of carbonyl (C=O) groups is 1. The summed E-state index contributed by atoms with van der Waals surface area (Å²) in [5.41, 5.74) is 2.17. The minimum absolute atomic E-state index is 0.0632. The lowest BCUT2D eigenvalue weighted by molar-refractivity contribution is 0.0691. The SMILES string of the molecule is O=C(O)c1nc(C2CC2)ccc1Nc1cccnc1. The smallest absolute Gasteiger partial charge is 0.356 e. The van der Waals surface area contributed by atoms with Crippen molar-refractivity contribution in [1.82, 2.24) is 9.97 Å². The number of rotatable bonds is 4. The fraction of sp³-hybridized carbons (Fsp3) is 0.214. The lowest BCUT2D eigenvalue weighted by atomic mass is 10.2. The monoisotopic (exact) mass is 255 g/mol. The molecule has 0 saturated heterocycles. The van der Waals surface area contributed by atoms with Crippen molar-refractivity contribution >= 4 is 17.3 Å². The van der Waals surface area contributed by atoms with E-state index in [-0.39, 0.29) is 5.69 Å². The van der Waals surface area contributed by atoms with Crippen molar-refractivity contribution in [3.63, 3.8) is 0 Å². The number of aromatic nitrogens is 2. The van der Waals surface area contributed by atoms with E-state index in [0.717, 1.165) is 24.2 Å². The number of nitrogens with one attached hydrogen (secondary N) is 1. The second-order valence-electron chi connectivity index (χ2n) is 4.58. The number of carboxylic acids is 1. The summed E-state index contributed by atoms with van der Waals surface area (Å²) in [5.74, 6) is -0.584. The van der Waals surface area contributed by atoms with Crippen LogP contribution in [0.3, 0.4) is 0 Å². The Bertz CT molecular complexity index is 609. The molecule has 1 aliphatic rings. The molecule has 1 saturated carbocycles. The van der Waals surface area contributed by atoms with Crippen LogP contribution in [-0.4, -0.2) is 21.0 Å². The molecule has 1 fully saturated rings. The molecule has 0 aliphatic heterocycles. The van der Waals surface area contributed by atoms with Crippen molar-refractivity contribution in [2.24, 2.45) is 0 Å². The molecule has 19 heavy (non-hydrogen) atoms. The van der Waals surface area contributed by atoms with Gasteiger partial charge in [-0.05, 0) is 37.1 Å². The van der Waals surface area contributed by atoms with Gasteiger partial charge in [-0.25, -0.2) is 9.78 Å². The fourth-order valence-corrected chi connectivity index (χ4v) is 1.94. The Labute approximate surface area is 110 Å². The molecular weight excluding hydrogens is 242 g/mol. The minimum Gasteiger partial charge on any atom is -0.476 e. The van der Waals surface area contributed by atoms with Gasteiger partial charge in [0.05, 0.1) is 17.6 Å². The Kier molecular flexibility index (Phi) is 2.87.